The number of amides is 1. The lowest BCUT2D eigenvalue weighted by Crippen LogP contribution is -2.38. The largest absolute Gasteiger partial charge is 0.491 e. The van der Waals surface area contributed by atoms with Crippen LogP contribution in [0.25, 0.3) is 0 Å². The Morgan fingerprint density at radius 1 is 1.24 bits per heavy atom. The van der Waals surface area contributed by atoms with Crippen LogP contribution in [0.2, 0.25) is 0 Å². The average molecular weight is 317 g/mol. The van der Waals surface area contributed by atoms with Crippen LogP contribution in [-0.4, -0.2) is 32.3 Å². The maximum Gasteiger partial charge on any atom is 0.224 e. The second-order valence-corrected chi connectivity index (χ2v) is 4.85. The maximum absolute atomic E-state index is 11.8. The zero-order valence-corrected chi connectivity index (χ0v) is 13.6. The number of hydrogen-bond acceptors (Lipinski definition) is 4. The van der Waals surface area contributed by atoms with Gasteiger partial charge in [0.1, 0.15) is 12.4 Å². The van der Waals surface area contributed by atoms with E-state index in [1.807, 2.05) is 38.1 Å². The number of nitrogens with two attached hydrogens (primary N) is 1. The minimum atomic E-state index is -0.188. The van der Waals surface area contributed by atoms with Crippen LogP contribution in [0.3, 0.4) is 0 Å². The molecule has 1 aromatic rings. The topological polar surface area (TPSA) is 73.6 Å². The fourth-order valence-electron chi connectivity index (χ4n) is 1.54. The molecule has 5 nitrogen and oxygen atoms in total. The Balaban J connectivity index is 0.00000400. The number of halogens is 1. The van der Waals surface area contributed by atoms with E-state index in [1.54, 1.807) is 7.11 Å². The quantitative estimate of drug-likeness (QED) is 0.716. The monoisotopic (exact) mass is 316 g/mol. The van der Waals surface area contributed by atoms with E-state index in [0.29, 0.717) is 19.8 Å². The fourth-order valence-corrected chi connectivity index (χ4v) is 1.54. The smallest absolute Gasteiger partial charge is 0.224 e. The molecule has 0 bridgehead atoms. The molecule has 1 rings (SSSR count). The van der Waals surface area contributed by atoms with Crippen molar-refractivity contribution >= 4 is 18.3 Å². The van der Waals surface area contributed by atoms with Gasteiger partial charge in [-0.2, -0.15) is 0 Å². The summed E-state index contributed by atoms with van der Waals surface area (Å²) in [6, 6.07) is 7.47. The Morgan fingerprint density at radius 3 is 2.38 bits per heavy atom. The van der Waals surface area contributed by atoms with Gasteiger partial charge in [0.05, 0.1) is 6.61 Å². The molecule has 3 N–H and O–H groups in total. The van der Waals surface area contributed by atoms with Crippen molar-refractivity contribution in [3.63, 3.8) is 0 Å². The van der Waals surface area contributed by atoms with Crippen LogP contribution in [0, 0.1) is 5.92 Å². The SMILES string of the molecule is COCCOc1ccc(CNC(=O)C(C)C(C)N)cc1.Cl. The van der Waals surface area contributed by atoms with E-state index in [1.165, 1.54) is 0 Å². The van der Waals surface area contributed by atoms with Crippen molar-refractivity contribution in [2.24, 2.45) is 11.7 Å². The minimum absolute atomic E-state index is 0. The Hall–Kier alpha value is -1.30. The van der Waals surface area contributed by atoms with E-state index in [4.69, 9.17) is 15.2 Å². The number of methoxy groups -OCH3 is 1. The lowest BCUT2D eigenvalue weighted by atomic mass is 10.0. The molecule has 6 heteroatoms. The number of nitrogens with one attached hydrogen (secondary N) is 1. The molecular weight excluding hydrogens is 292 g/mol. The van der Waals surface area contributed by atoms with Crippen LogP contribution in [0.1, 0.15) is 19.4 Å². The predicted octanol–water partition coefficient (Wildman–Crippen LogP) is 1.73. The second kappa shape index (κ2) is 10.4. The standard InChI is InChI=1S/C15H24N2O3.ClH/c1-11(12(2)16)15(18)17-10-13-4-6-14(7-5-13)20-9-8-19-3;/h4-7,11-12H,8-10,16H2,1-3H3,(H,17,18);1H. The number of carbonyl (C=O) groups excluding carboxylic acids is 1. The molecule has 2 atom stereocenters. The summed E-state index contributed by atoms with van der Waals surface area (Å²) in [6.07, 6.45) is 0. The number of ether oxygens (including phenoxy) is 2. The fraction of sp³-hybridized carbons (Fsp3) is 0.533. The van der Waals surface area contributed by atoms with Crippen LogP contribution < -0.4 is 15.8 Å². The van der Waals surface area contributed by atoms with Crippen molar-refractivity contribution in [2.45, 2.75) is 26.4 Å². The van der Waals surface area contributed by atoms with Crippen molar-refractivity contribution in [1.29, 1.82) is 0 Å². The Kier molecular flexibility index (Phi) is 9.78. The Bertz CT molecular complexity index is 410. The Labute approximate surface area is 132 Å². The molecule has 0 aliphatic heterocycles. The molecule has 0 radical (unpaired) electrons. The van der Waals surface area contributed by atoms with Gasteiger partial charge >= 0.3 is 0 Å². The summed E-state index contributed by atoms with van der Waals surface area (Å²) in [7, 11) is 1.64. The van der Waals surface area contributed by atoms with E-state index >= 15 is 0 Å². The van der Waals surface area contributed by atoms with Gasteiger partial charge in [0.2, 0.25) is 5.91 Å². The number of hydrogen-bond donors (Lipinski definition) is 2. The molecule has 0 spiro atoms. The van der Waals surface area contributed by atoms with Gasteiger partial charge in [0.25, 0.3) is 0 Å². The summed E-state index contributed by atoms with van der Waals surface area (Å²) in [4.78, 5) is 11.8. The van der Waals surface area contributed by atoms with Gasteiger partial charge in [-0.15, -0.1) is 12.4 Å². The molecule has 0 saturated carbocycles. The highest BCUT2D eigenvalue weighted by molar-refractivity contribution is 5.85. The zero-order valence-electron chi connectivity index (χ0n) is 12.8. The molecule has 0 heterocycles. The van der Waals surface area contributed by atoms with Crippen molar-refractivity contribution in [3.8, 4) is 5.75 Å². The van der Waals surface area contributed by atoms with Gasteiger partial charge < -0.3 is 20.5 Å². The summed E-state index contributed by atoms with van der Waals surface area (Å²) in [5, 5.41) is 2.87. The molecule has 0 fully saturated rings. The zero-order chi connectivity index (χ0) is 15.0. The molecule has 0 aliphatic rings. The van der Waals surface area contributed by atoms with E-state index in [-0.39, 0.29) is 30.3 Å². The number of benzene rings is 1. The normalized spacial score (nSPS) is 13.0. The molecule has 1 aromatic carbocycles. The Morgan fingerprint density at radius 2 is 1.86 bits per heavy atom. The third-order valence-electron chi connectivity index (χ3n) is 3.15. The highest BCUT2D eigenvalue weighted by Crippen LogP contribution is 2.12. The first-order valence-corrected chi connectivity index (χ1v) is 6.78. The van der Waals surface area contributed by atoms with E-state index in [0.717, 1.165) is 11.3 Å². The van der Waals surface area contributed by atoms with Gasteiger partial charge in [-0.3, -0.25) is 4.79 Å². The first-order valence-electron chi connectivity index (χ1n) is 6.78. The number of carbonyl (C=O) groups is 1. The van der Waals surface area contributed by atoms with Crippen LogP contribution in [0.5, 0.6) is 5.75 Å². The van der Waals surface area contributed by atoms with Crippen molar-refractivity contribution < 1.29 is 14.3 Å². The van der Waals surface area contributed by atoms with Gasteiger partial charge in [-0.05, 0) is 24.6 Å². The van der Waals surface area contributed by atoms with E-state index in [9.17, 15) is 4.79 Å². The van der Waals surface area contributed by atoms with Gasteiger partial charge in [-0.25, -0.2) is 0 Å². The molecule has 0 aliphatic carbocycles. The van der Waals surface area contributed by atoms with Crippen molar-refractivity contribution in [2.75, 3.05) is 20.3 Å². The first kappa shape index (κ1) is 19.7. The summed E-state index contributed by atoms with van der Waals surface area (Å²) in [5.41, 5.74) is 6.72. The van der Waals surface area contributed by atoms with Crippen LogP contribution in [0.15, 0.2) is 24.3 Å². The highest BCUT2D eigenvalue weighted by Gasteiger charge is 2.16. The summed E-state index contributed by atoms with van der Waals surface area (Å²) in [5.74, 6) is 0.577. The molecule has 21 heavy (non-hydrogen) atoms. The summed E-state index contributed by atoms with van der Waals surface area (Å²) >= 11 is 0. The highest BCUT2D eigenvalue weighted by atomic mass is 35.5. The van der Waals surface area contributed by atoms with Crippen molar-refractivity contribution in [1.82, 2.24) is 5.32 Å². The molecule has 1 amide bonds. The lowest BCUT2D eigenvalue weighted by molar-refractivity contribution is -0.125. The maximum atomic E-state index is 11.8. The predicted molar refractivity (Wildman–Crippen MR) is 85.7 cm³/mol. The van der Waals surface area contributed by atoms with Gasteiger partial charge in [0, 0.05) is 25.6 Å². The summed E-state index contributed by atoms with van der Waals surface area (Å²) in [6.45, 7) is 5.24. The molecule has 0 aromatic heterocycles. The van der Waals surface area contributed by atoms with Crippen LogP contribution >= 0.6 is 12.4 Å². The number of rotatable bonds is 8. The average Bonchev–Trinajstić information content (AvgIpc) is 2.45. The van der Waals surface area contributed by atoms with Crippen LogP contribution in [-0.2, 0) is 16.1 Å². The van der Waals surface area contributed by atoms with E-state index < -0.39 is 0 Å². The van der Waals surface area contributed by atoms with Crippen LogP contribution in [0.4, 0.5) is 0 Å². The third-order valence-corrected chi connectivity index (χ3v) is 3.15. The summed E-state index contributed by atoms with van der Waals surface area (Å²) < 4.78 is 10.4. The third kappa shape index (κ3) is 7.32. The van der Waals surface area contributed by atoms with E-state index in [2.05, 4.69) is 5.32 Å². The van der Waals surface area contributed by atoms with Crippen molar-refractivity contribution in [3.05, 3.63) is 29.8 Å². The van der Waals surface area contributed by atoms with Gasteiger partial charge in [-0.1, -0.05) is 19.1 Å². The first-order chi connectivity index (χ1) is 9.54. The molecular formula is C15H25ClN2O3. The lowest BCUT2D eigenvalue weighted by Gasteiger charge is -2.15. The molecule has 120 valence electrons. The molecule has 2 unspecified atom stereocenters. The second-order valence-electron chi connectivity index (χ2n) is 4.85. The van der Waals surface area contributed by atoms with Gasteiger partial charge in [0.15, 0.2) is 0 Å². The molecule has 0 saturated heterocycles. The minimum Gasteiger partial charge on any atom is -0.491 e.